The van der Waals surface area contributed by atoms with E-state index in [9.17, 15) is 18.5 Å². The molecule has 2 N–H and O–H groups in total. The molecule has 14 heteroatoms. The Morgan fingerprint density at radius 2 is 1.49 bits per heavy atom. The number of nitrogens with one attached hydrogen (secondary N) is 2. The minimum absolute atomic E-state index is 0.0851. The fraction of sp³-hybridized carbons (Fsp3) is 0.156. The standard InChI is InChI=1S/C45H41N7O5S2/c53-52(54)44-30-39(18-21-42(44)46-22-27-58-38-14-8-3-9-15-38)59(55,56)49-45-41-19-16-35(29-43(41)47-32-48-45)51-25-23-50(24-26-51)31-34-28-37(57-36-12-6-2-7-13-36)17-20-40(34)33-10-4-1-5-11-33/h1-21,28-30,32,46H,22-27,31H2,(H,47,48,49). The molecule has 1 aromatic heterocycles. The highest BCUT2D eigenvalue weighted by molar-refractivity contribution is 7.99. The van der Waals surface area contributed by atoms with Crippen LogP contribution in [-0.2, 0) is 16.6 Å². The maximum atomic E-state index is 13.6. The van der Waals surface area contributed by atoms with Crippen molar-refractivity contribution in [1.82, 2.24) is 14.9 Å². The van der Waals surface area contributed by atoms with Gasteiger partial charge < -0.3 is 15.0 Å². The quantitative estimate of drug-likeness (QED) is 0.0442. The third-order valence-corrected chi connectivity index (χ3v) is 12.4. The van der Waals surface area contributed by atoms with Crippen LogP contribution in [0, 0.1) is 10.1 Å². The Labute approximate surface area is 347 Å². The smallest absolute Gasteiger partial charge is 0.293 e. The molecule has 1 aliphatic rings. The van der Waals surface area contributed by atoms with Crippen LogP contribution in [0.1, 0.15) is 5.56 Å². The highest BCUT2D eigenvalue weighted by atomic mass is 32.2. The van der Waals surface area contributed by atoms with Crippen LogP contribution >= 0.6 is 11.8 Å². The van der Waals surface area contributed by atoms with Gasteiger partial charge >= 0.3 is 0 Å². The molecule has 0 amide bonds. The molecule has 59 heavy (non-hydrogen) atoms. The number of fused-ring (bicyclic) bond motifs is 1. The SMILES string of the molecule is O=[N+]([O-])c1cc(S(=O)(=O)Nc2ncnc3cc(N4CCN(Cc5cc(Oc6ccccc6)ccc5-c5ccccc5)CC4)ccc23)ccc1NCCSc1ccccc1. The average molecular weight is 824 g/mol. The average Bonchev–Trinajstić information content (AvgIpc) is 3.26. The minimum Gasteiger partial charge on any atom is -0.457 e. The van der Waals surface area contributed by atoms with Crippen molar-refractivity contribution in [3.8, 4) is 22.6 Å². The second kappa shape index (κ2) is 18.0. The third-order valence-electron chi connectivity index (χ3n) is 10.0. The van der Waals surface area contributed by atoms with Gasteiger partial charge in [-0.1, -0.05) is 72.8 Å². The lowest BCUT2D eigenvalue weighted by Crippen LogP contribution is -2.46. The lowest BCUT2D eigenvalue weighted by atomic mass is 9.98. The van der Waals surface area contributed by atoms with Gasteiger partial charge in [0.1, 0.15) is 23.5 Å². The number of para-hydroxylation sites is 1. The van der Waals surface area contributed by atoms with Crippen LogP contribution < -0.4 is 19.7 Å². The Kier molecular flexibility index (Phi) is 12.0. The van der Waals surface area contributed by atoms with E-state index in [0.29, 0.717) is 23.2 Å². The fourth-order valence-corrected chi connectivity index (χ4v) is 8.89. The maximum absolute atomic E-state index is 13.6. The third kappa shape index (κ3) is 9.63. The summed E-state index contributed by atoms with van der Waals surface area (Å²) in [6.07, 6.45) is 1.31. The number of sulfonamides is 1. The van der Waals surface area contributed by atoms with Crippen LogP contribution in [0.2, 0.25) is 0 Å². The zero-order chi connectivity index (χ0) is 40.6. The topological polar surface area (TPSA) is 143 Å². The van der Waals surface area contributed by atoms with E-state index in [-0.39, 0.29) is 22.1 Å². The summed E-state index contributed by atoms with van der Waals surface area (Å²) in [6, 6.07) is 45.8. The van der Waals surface area contributed by atoms with E-state index in [1.807, 2.05) is 91.0 Å². The predicted octanol–water partition coefficient (Wildman–Crippen LogP) is 9.32. The van der Waals surface area contributed by atoms with E-state index >= 15 is 0 Å². The number of anilines is 3. The second-order valence-corrected chi connectivity index (χ2v) is 16.8. The molecule has 298 valence electrons. The molecular formula is C45H41N7O5S2. The van der Waals surface area contributed by atoms with Crippen molar-refractivity contribution < 1.29 is 18.1 Å². The van der Waals surface area contributed by atoms with E-state index in [1.54, 1.807) is 11.8 Å². The van der Waals surface area contributed by atoms with Gasteiger partial charge in [-0.25, -0.2) is 18.4 Å². The van der Waals surface area contributed by atoms with Crippen LogP contribution in [0.25, 0.3) is 22.0 Å². The largest absolute Gasteiger partial charge is 0.457 e. The molecule has 12 nitrogen and oxygen atoms in total. The number of nitro benzene ring substituents is 1. The van der Waals surface area contributed by atoms with E-state index in [2.05, 4.69) is 66.2 Å². The molecule has 7 aromatic rings. The molecule has 1 saturated heterocycles. The number of aromatic nitrogens is 2. The number of thioether (sulfide) groups is 1. The Morgan fingerprint density at radius 1 is 0.763 bits per heavy atom. The number of piperazine rings is 1. The summed E-state index contributed by atoms with van der Waals surface area (Å²) in [6.45, 7) is 4.44. The van der Waals surface area contributed by atoms with Crippen molar-refractivity contribution in [3.63, 3.8) is 0 Å². The summed E-state index contributed by atoms with van der Waals surface area (Å²) in [5.41, 5.74) is 4.95. The van der Waals surface area contributed by atoms with Gasteiger partial charge in [-0.2, -0.15) is 0 Å². The monoisotopic (exact) mass is 823 g/mol. The summed E-state index contributed by atoms with van der Waals surface area (Å²) in [5.74, 6) is 2.33. The van der Waals surface area contributed by atoms with E-state index in [1.165, 1.54) is 29.6 Å². The highest BCUT2D eigenvalue weighted by Gasteiger charge is 2.24. The fourth-order valence-electron chi connectivity index (χ4n) is 7.05. The van der Waals surface area contributed by atoms with Crippen molar-refractivity contribution in [1.29, 1.82) is 0 Å². The Balaban J connectivity index is 0.926. The first-order chi connectivity index (χ1) is 28.8. The summed E-state index contributed by atoms with van der Waals surface area (Å²) >= 11 is 1.61. The molecule has 0 spiro atoms. The molecule has 0 saturated carbocycles. The molecule has 1 fully saturated rings. The number of nitrogens with zero attached hydrogens (tertiary/aromatic N) is 5. The number of rotatable bonds is 15. The summed E-state index contributed by atoms with van der Waals surface area (Å²) < 4.78 is 35.9. The Morgan fingerprint density at radius 3 is 2.24 bits per heavy atom. The molecule has 0 radical (unpaired) electrons. The maximum Gasteiger partial charge on any atom is 0.293 e. The zero-order valence-electron chi connectivity index (χ0n) is 32.0. The van der Waals surface area contributed by atoms with Gasteiger partial charge in [-0.15, -0.1) is 11.8 Å². The van der Waals surface area contributed by atoms with Gasteiger partial charge in [0.25, 0.3) is 15.7 Å². The predicted molar refractivity (Wildman–Crippen MR) is 235 cm³/mol. The molecular weight excluding hydrogens is 783 g/mol. The molecule has 6 aromatic carbocycles. The van der Waals surface area contributed by atoms with Crippen molar-refractivity contribution in [3.05, 3.63) is 168 Å². The molecule has 0 unspecified atom stereocenters. The van der Waals surface area contributed by atoms with Crippen LogP contribution in [0.3, 0.4) is 0 Å². The van der Waals surface area contributed by atoms with E-state index < -0.39 is 14.9 Å². The summed E-state index contributed by atoms with van der Waals surface area (Å²) in [7, 11) is -4.24. The first-order valence-electron chi connectivity index (χ1n) is 19.2. The number of ether oxygens (including phenoxy) is 1. The van der Waals surface area contributed by atoms with Crippen molar-refractivity contribution in [2.24, 2.45) is 0 Å². The molecule has 1 aliphatic heterocycles. The Hall–Kier alpha value is -6.48. The Bertz CT molecular complexity index is 2670. The van der Waals surface area contributed by atoms with Gasteiger partial charge in [-0.05, 0) is 83.4 Å². The number of nitro groups is 1. The number of hydrogen-bond donors (Lipinski definition) is 2. The molecule has 0 atom stereocenters. The van der Waals surface area contributed by atoms with Crippen molar-refractivity contribution in [2.75, 3.05) is 53.4 Å². The van der Waals surface area contributed by atoms with Crippen LogP contribution in [0.5, 0.6) is 11.5 Å². The van der Waals surface area contributed by atoms with E-state index in [0.717, 1.165) is 66.4 Å². The number of hydrogen-bond acceptors (Lipinski definition) is 11. The van der Waals surface area contributed by atoms with Gasteiger partial charge in [0.2, 0.25) is 0 Å². The second-order valence-electron chi connectivity index (χ2n) is 13.9. The van der Waals surface area contributed by atoms with Crippen LogP contribution in [0.4, 0.5) is 22.9 Å². The van der Waals surface area contributed by atoms with E-state index in [4.69, 9.17) is 4.74 Å². The first-order valence-corrected chi connectivity index (χ1v) is 21.6. The normalized spacial score (nSPS) is 13.3. The van der Waals surface area contributed by atoms with Gasteiger partial charge in [0.05, 0.1) is 15.3 Å². The lowest BCUT2D eigenvalue weighted by Gasteiger charge is -2.36. The summed E-state index contributed by atoms with van der Waals surface area (Å²) in [4.78, 5) is 25.7. The zero-order valence-corrected chi connectivity index (χ0v) is 33.6. The molecule has 8 rings (SSSR count). The van der Waals surface area contributed by atoms with Gasteiger partial charge in [0, 0.05) is 67.1 Å². The summed E-state index contributed by atoms with van der Waals surface area (Å²) in [5, 5.41) is 15.6. The molecule has 0 aliphatic carbocycles. The lowest BCUT2D eigenvalue weighted by molar-refractivity contribution is -0.384. The highest BCUT2D eigenvalue weighted by Crippen LogP contribution is 2.33. The molecule has 0 bridgehead atoms. The minimum atomic E-state index is -4.24. The van der Waals surface area contributed by atoms with Crippen molar-refractivity contribution >= 4 is 55.6 Å². The number of benzene rings is 6. The molecule has 2 heterocycles. The van der Waals surface area contributed by atoms with Crippen LogP contribution in [0.15, 0.2) is 162 Å². The van der Waals surface area contributed by atoms with Gasteiger partial charge in [-0.3, -0.25) is 19.7 Å². The van der Waals surface area contributed by atoms with Gasteiger partial charge in [0.15, 0.2) is 5.82 Å². The first kappa shape index (κ1) is 39.4. The van der Waals surface area contributed by atoms with Crippen molar-refractivity contribution in [2.45, 2.75) is 16.3 Å². The van der Waals surface area contributed by atoms with Crippen LogP contribution in [-0.4, -0.2) is 66.7 Å².